The molecule has 1 aliphatic carbocycles. The van der Waals surface area contributed by atoms with Gasteiger partial charge in [0.2, 0.25) is 0 Å². The van der Waals surface area contributed by atoms with Gasteiger partial charge in [-0.1, -0.05) is 13.8 Å². The zero-order chi connectivity index (χ0) is 13.0. The Morgan fingerprint density at radius 1 is 1.35 bits per heavy atom. The van der Waals surface area contributed by atoms with Gasteiger partial charge in [-0.15, -0.1) is 0 Å². The van der Waals surface area contributed by atoms with Gasteiger partial charge in [-0.2, -0.15) is 0 Å². The van der Waals surface area contributed by atoms with Crippen LogP contribution in [0.2, 0.25) is 0 Å². The molecule has 1 fully saturated rings. The number of ether oxygens (including phenoxy) is 1. The monoisotopic (exact) mass is 243 g/mol. The Kier molecular flexibility index (Phi) is 5.40. The summed E-state index contributed by atoms with van der Waals surface area (Å²) in [6.07, 6.45) is 2.57. The summed E-state index contributed by atoms with van der Waals surface area (Å²) in [6, 6.07) is -0.300. The predicted octanol–water partition coefficient (Wildman–Crippen LogP) is 1.32. The molecule has 0 bridgehead atoms. The summed E-state index contributed by atoms with van der Waals surface area (Å²) in [6.45, 7) is 6.13. The number of aliphatic hydroxyl groups excluding tert-OH is 1. The van der Waals surface area contributed by atoms with Gasteiger partial charge in [-0.05, 0) is 38.0 Å². The molecule has 0 aromatic rings. The lowest BCUT2D eigenvalue weighted by Gasteiger charge is -2.35. The van der Waals surface area contributed by atoms with Gasteiger partial charge < -0.3 is 9.84 Å². The molecule has 1 rings (SSSR count). The molecule has 17 heavy (non-hydrogen) atoms. The number of hydrogen-bond donors (Lipinski definition) is 2. The normalized spacial score (nSPS) is 32.9. The Labute approximate surface area is 104 Å². The molecule has 0 aromatic heterocycles. The molecule has 0 aromatic carbocycles. The molecule has 1 aliphatic rings. The SMILES string of the molecule is COC(=O)[C@H](N[C@@H]1CC[C@H](C)[C@@H](C)C1)[C@@H](C)O. The van der Waals surface area contributed by atoms with Crippen LogP contribution in [-0.2, 0) is 9.53 Å². The fraction of sp³-hybridized carbons (Fsp3) is 0.923. The minimum atomic E-state index is -0.725. The summed E-state index contributed by atoms with van der Waals surface area (Å²) in [5.41, 5.74) is 0. The third-order valence-corrected chi connectivity index (χ3v) is 3.95. The Hall–Kier alpha value is -0.610. The van der Waals surface area contributed by atoms with Crippen LogP contribution >= 0.6 is 0 Å². The first kappa shape index (κ1) is 14.5. The number of esters is 1. The van der Waals surface area contributed by atoms with Crippen molar-refractivity contribution in [2.45, 2.75) is 58.2 Å². The Bertz CT molecular complexity index is 255. The average molecular weight is 243 g/mol. The second kappa shape index (κ2) is 6.36. The van der Waals surface area contributed by atoms with E-state index in [1.54, 1.807) is 6.92 Å². The molecule has 100 valence electrons. The van der Waals surface area contributed by atoms with E-state index in [1.807, 2.05) is 0 Å². The van der Waals surface area contributed by atoms with E-state index in [-0.39, 0.29) is 5.97 Å². The Balaban J connectivity index is 2.53. The van der Waals surface area contributed by atoms with Gasteiger partial charge in [0.15, 0.2) is 0 Å². The van der Waals surface area contributed by atoms with Crippen LogP contribution in [0.5, 0.6) is 0 Å². The number of nitrogens with one attached hydrogen (secondary N) is 1. The average Bonchev–Trinajstić information content (AvgIpc) is 2.29. The lowest BCUT2D eigenvalue weighted by Crippen LogP contribution is -2.51. The smallest absolute Gasteiger partial charge is 0.325 e. The highest BCUT2D eigenvalue weighted by atomic mass is 16.5. The van der Waals surface area contributed by atoms with Gasteiger partial charge in [0.1, 0.15) is 6.04 Å². The number of aliphatic hydroxyl groups is 1. The molecular weight excluding hydrogens is 218 g/mol. The van der Waals surface area contributed by atoms with Crippen molar-refractivity contribution in [3.05, 3.63) is 0 Å². The summed E-state index contributed by atoms with van der Waals surface area (Å²) in [4.78, 5) is 11.5. The van der Waals surface area contributed by atoms with Crippen LogP contribution < -0.4 is 5.32 Å². The standard InChI is InChI=1S/C13H25NO3/c1-8-5-6-11(7-9(8)2)14-12(10(3)15)13(16)17-4/h8-12,14-15H,5-7H2,1-4H3/t8-,9-,10+,11+,12+/m0/s1. The molecule has 4 nitrogen and oxygen atoms in total. The number of carbonyl (C=O) groups excluding carboxylic acids is 1. The highest BCUT2D eigenvalue weighted by molar-refractivity contribution is 5.76. The van der Waals surface area contributed by atoms with E-state index in [0.717, 1.165) is 18.8 Å². The van der Waals surface area contributed by atoms with E-state index in [1.165, 1.54) is 13.5 Å². The fourth-order valence-electron chi connectivity index (χ4n) is 2.48. The van der Waals surface area contributed by atoms with Crippen LogP contribution in [0.3, 0.4) is 0 Å². The molecule has 0 amide bonds. The van der Waals surface area contributed by atoms with E-state index in [2.05, 4.69) is 19.2 Å². The molecule has 0 radical (unpaired) electrons. The van der Waals surface area contributed by atoms with Gasteiger partial charge in [-0.3, -0.25) is 10.1 Å². The second-order valence-electron chi connectivity index (χ2n) is 5.37. The van der Waals surface area contributed by atoms with Gasteiger partial charge >= 0.3 is 5.97 Å². The lowest BCUT2D eigenvalue weighted by atomic mass is 9.79. The summed E-state index contributed by atoms with van der Waals surface area (Å²) < 4.78 is 4.70. The zero-order valence-corrected chi connectivity index (χ0v) is 11.3. The first-order valence-electron chi connectivity index (χ1n) is 6.47. The van der Waals surface area contributed by atoms with Gasteiger partial charge in [0, 0.05) is 6.04 Å². The molecule has 0 spiro atoms. The molecule has 5 atom stereocenters. The van der Waals surface area contributed by atoms with Gasteiger partial charge in [0.25, 0.3) is 0 Å². The first-order valence-corrected chi connectivity index (χ1v) is 6.47. The molecule has 2 N–H and O–H groups in total. The molecule has 0 heterocycles. The fourth-order valence-corrected chi connectivity index (χ4v) is 2.48. The maximum Gasteiger partial charge on any atom is 0.325 e. The molecule has 4 heteroatoms. The number of rotatable bonds is 4. The van der Waals surface area contributed by atoms with Crippen molar-refractivity contribution < 1.29 is 14.6 Å². The van der Waals surface area contributed by atoms with Crippen molar-refractivity contribution in [1.82, 2.24) is 5.32 Å². The number of hydrogen-bond acceptors (Lipinski definition) is 4. The van der Waals surface area contributed by atoms with Crippen LogP contribution in [0.1, 0.15) is 40.0 Å². The van der Waals surface area contributed by atoms with Crippen LogP contribution in [0, 0.1) is 11.8 Å². The van der Waals surface area contributed by atoms with Crippen molar-refractivity contribution in [3.8, 4) is 0 Å². The highest BCUT2D eigenvalue weighted by Gasteiger charge is 2.31. The third kappa shape index (κ3) is 3.96. The maximum absolute atomic E-state index is 11.5. The number of methoxy groups -OCH3 is 1. The van der Waals surface area contributed by atoms with Crippen molar-refractivity contribution in [2.75, 3.05) is 7.11 Å². The quantitative estimate of drug-likeness (QED) is 0.731. The third-order valence-electron chi connectivity index (χ3n) is 3.95. The van der Waals surface area contributed by atoms with Gasteiger partial charge in [0.05, 0.1) is 13.2 Å². The molecule has 0 aliphatic heterocycles. The van der Waals surface area contributed by atoms with E-state index in [0.29, 0.717) is 12.0 Å². The predicted molar refractivity (Wildman–Crippen MR) is 66.6 cm³/mol. The molecule has 0 saturated heterocycles. The van der Waals surface area contributed by atoms with Crippen molar-refractivity contribution in [1.29, 1.82) is 0 Å². The van der Waals surface area contributed by atoms with E-state index in [4.69, 9.17) is 4.74 Å². The maximum atomic E-state index is 11.5. The summed E-state index contributed by atoms with van der Waals surface area (Å²) >= 11 is 0. The minimum Gasteiger partial charge on any atom is -0.468 e. The van der Waals surface area contributed by atoms with E-state index >= 15 is 0 Å². The summed E-state index contributed by atoms with van der Waals surface area (Å²) in [5, 5.41) is 12.8. The van der Waals surface area contributed by atoms with Crippen LogP contribution in [0.15, 0.2) is 0 Å². The Morgan fingerprint density at radius 2 is 2.00 bits per heavy atom. The van der Waals surface area contributed by atoms with Crippen LogP contribution in [-0.4, -0.2) is 36.4 Å². The summed E-state index contributed by atoms with van der Waals surface area (Å²) in [7, 11) is 1.35. The molecule has 1 saturated carbocycles. The van der Waals surface area contributed by atoms with Crippen molar-refractivity contribution in [2.24, 2.45) is 11.8 Å². The Morgan fingerprint density at radius 3 is 2.47 bits per heavy atom. The molecule has 0 unspecified atom stereocenters. The van der Waals surface area contributed by atoms with Crippen LogP contribution in [0.4, 0.5) is 0 Å². The van der Waals surface area contributed by atoms with E-state index < -0.39 is 12.1 Å². The first-order chi connectivity index (χ1) is 7.95. The molecular formula is C13H25NO3. The minimum absolute atomic E-state index is 0.305. The lowest BCUT2D eigenvalue weighted by molar-refractivity contribution is -0.146. The van der Waals surface area contributed by atoms with Gasteiger partial charge in [-0.25, -0.2) is 0 Å². The zero-order valence-electron chi connectivity index (χ0n) is 11.3. The van der Waals surface area contributed by atoms with Crippen LogP contribution in [0.25, 0.3) is 0 Å². The van der Waals surface area contributed by atoms with Crippen molar-refractivity contribution >= 4 is 5.97 Å². The topological polar surface area (TPSA) is 58.6 Å². The van der Waals surface area contributed by atoms with Crippen molar-refractivity contribution in [3.63, 3.8) is 0 Å². The number of carbonyl (C=O) groups is 1. The largest absolute Gasteiger partial charge is 0.468 e. The second-order valence-corrected chi connectivity index (χ2v) is 5.37. The highest BCUT2D eigenvalue weighted by Crippen LogP contribution is 2.29. The van der Waals surface area contributed by atoms with E-state index in [9.17, 15) is 9.90 Å². The summed E-state index contributed by atoms with van der Waals surface area (Å²) in [5.74, 6) is 1.02.